The number of benzene rings is 1. The van der Waals surface area contributed by atoms with Crippen molar-refractivity contribution >= 4 is 17.0 Å². The number of nitrogens with zero attached hydrogens (tertiary/aromatic N) is 1. The third-order valence-electron chi connectivity index (χ3n) is 2.77. The number of hydrogen-bond acceptors (Lipinski definition) is 4. The molecule has 5 nitrogen and oxygen atoms in total. The van der Waals surface area contributed by atoms with Gasteiger partial charge in [-0.05, 0) is 24.1 Å². The van der Waals surface area contributed by atoms with Crippen LogP contribution in [0.15, 0.2) is 22.6 Å². The first-order valence-electron chi connectivity index (χ1n) is 6.31. The summed E-state index contributed by atoms with van der Waals surface area (Å²) < 4.78 is 10.3. The number of aromatic nitrogens is 1. The summed E-state index contributed by atoms with van der Waals surface area (Å²) in [5.74, 6) is 0.645. The van der Waals surface area contributed by atoms with Crippen molar-refractivity contribution in [3.8, 4) is 0 Å². The van der Waals surface area contributed by atoms with Crippen LogP contribution in [0, 0.1) is 6.92 Å². The van der Waals surface area contributed by atoms with E-state index < -0.39 is 0 Å². The number of carbonyl (C=O) groups excluding carboxylic acids is 1. The molecule has 2 aromatic rings. The van der Waals surface area contributed by atoms with Crippen molar-refractivity contribution < 1.29 is 13.9 Å². The van der Waals surface area contributed by atoms with Crippen molar-refractivity contribution in [2.75, 3.05) is 20.3 Å². The van der Waals surface area contributed by atoms with Crippen LogP contribution in [0.25, 0.3) is 11.1 Å². The van der Waals surface area contributed by atoms with Gasteiger partial charge in [-0.15, -0.1) is 0 Å². The molecule has 1 N–H and O–H groups in total. The lowest BCUT2D eigenvalue weighted by Gasteiger charge is -2.04. The highest BCUT2D eigenvalue weighted by Gasteiger charge is 2.06. The number of carbonyl (C=O) groups is 1. The zero-order valence-corrected chi connectivity index (χ0v) is 11.2. The van der Waals surface area contributed by atoms with E-state index in [1.54, 1.807) is 7.11 Å². The Bertz CT molecular complexity index is 563. The van der Waals surface area contributed by atoms with Gasteiger partial charge in [0.15, 0.2) is 11.5 Å². The highest BCUT2D eigenvalue weighted by atomic mass is 16.5. The summed E-state index contributed by atoms with van der Waals surface area (Å²) in [5.41, 5.74) is 2.48. The van der Waals surface area contributed by atoms with Crippen LogP contribution in [0.1, 0.15) is 17.9 Å². The number of hydrogen-bond donors (Lipinski definition) is 1. The minimum atomic E-state index is 0.00988. The van der Waals surface area contributed by atoms with E-state index in [0.717, 1.165) is 23.1 Å². The number of aryl methyl sites for hydroxylation is 1. The molecular formula is C14H18N2O3. The monoisotopic (exact) mass is 262 g/mol. The van der Waals surface area contributed by atoms with Crippen molar-refractivity contribution in [3.63, 3.8) is 0 Å². The number of oxazole rings is 1. The zero-order valence-electron chi connectivity index (χ0n) is 11.2. The molecule has 1 aromatic heterocycles. The van der Waals surface area contributed by atoms with Gasteiger partial charge in [0.2, 0.25) is 5.91 Å². The molecule has 0 saturated carbocycles. The highest BCUT2D eigenvalue weighted by molar-refractivity contribution is 5.81. The van der Waals surface area contributed by atoms with Crippen LogP contribution in [0.4, 0.5) is 0 Å². The Balaban J connectivity index is 1.91. The van der Waals surface area contributed by atoms with Gasteiger partial charge in [0.05, 0.1) is 6.42 Å². The van der Waals surface area contributed by atoms with Crippen LogP contribution < -0.4 is 5.32 Å². The molecule has 0 aliphatic carbocycles. The predicted molar refractivity (Wildman–Crippen MR) is 72.0 cm³/mol. The summed E-state index contributed by atoms with van der Waals surface area (Å²) in [6.07, 6.45) is 1.18. The molecule has 2 rings (SSSR count). The van der Waals surface area contributed by atoms with Gasteiger partial charge >= 0.3 is 0 Å². The fourth-order valence-corrected chi connectivity index (χ4v) is 1.89. The third kappa shape index (κ3) is 3.79. The summed E-state index contributed by atoms with van der Waals surface area (Å²) in [5, 5.41) is 2.86. The standard InChI is InChI=1S/C14H18N2O3/c1-10-16-12-8-11(4-5-13(12)19-10)9-14(17)15-6-3-7-18-2/h4-5,8H,3,6-7,9H2,1-2H3,(H,15,17). The van der Waals surface area contributed by atoms with E-state index in [4.69, 9.17) is 9.15 Å². The van der Waals surface area contributed by atoms with Crippen molar-refractivity contribution in [1.82, 2.24) is 10.3 Å². The maximum absolute atomic E-state index is 11.7. The van der Waals surface area contributed by atoms with Crippen molar-refractivity contribution in [3.05, 3.63) is 29.7 Å². The quantitative estimate of drug-likeness (QED) is 0.807. The van der Waals surface area contributed by atoms with Gasteiger partial charge in [-0.2, -0.15) is 0 Å². The van der Waals surface area contributed by atoms with Gasteiger partial charge < -0.3 is 14.5 Å². The van der Waals surface area contributed by atoms with E-state index in [9.17, 15) is 4.79 Å². The minimum Gasteiger partial charge on any atom is -0.441 e. The van der Waals surface area contributed by atoms with E-state index >= 15 is 0 Å². The molecule has 0 bridgehead atoms. The molecule has 1 aromatic carbocycles. The second-order valence-electron chi connectivity index (χ2n) is 4.41. The Morgan fingerprint density at radius 1 is 1.47 bits per heavy atom. The minimum absolute atomic E-state index is 0.00988. The lowest BCUT2D eigenvalue weighted by Crippen LogP contribution is -2.26. The van der Waals surface area contributed by atoms with Crippen LogP contribution in [-0.4, -0.2) is 31.2 Å². The molecule has 0 saturated heterocycles. The average molecular weight is 262 g/mol. The first-order valence-corrected chi connectivity index (χ1v) is 6.31. The highest BCUT2D eigenvalue weighted by Crippen LogP contribution is 2.16. The summed E-state index contributed by atoms with van der Waals surface area (Å²) in [6.45, 7) is 3.10. The summed E-state index contributed by atoms with van der Waals surface area (Å²) in [4.78, 5) is 16.0. The molecule has 1 amide bonds. The maximum Gasteiger partial charge on any atom is 0.224 e. The largest absolute Gasteiger partial charge is 0.441 e. The average Bonchev–Trinajstić information content (AvgIpc) is 2.74. The molecule has 0 unspecified atom stereocenters. The van der Waals surface area contributed by atoms with Crippen LogP contribution in [0.3, 0.4) is 0 Å². The Kier molecular flexibility index (Phi) is 4.52. The van der Waals surface area contributed by atoms with Crippen LogP contribution in [0.5, 0.6) is 0 Å². The number of nitrogens with one attached hydrogen (secondary N) is 1. The Labute approximate surface area is 112 Å². The molecule has 0 atom stereocenters. The molecule has 102 valence electrons. The first-order chi connectivity index (χ1) is 9.19. The predicted octanol–water partition coefficient (Wildman–Crippen LogP) is 1.83. The number of fused-ring (bicyclic) bond motifs is 1. The number of amides is 1. The molecule has 0 spiro atoms. The topological polar surface area (TPSA) is 64.4 Å². The van der Waals surface area contributed by atoms with E-state index in [1.165, 1.54) is 0 Å². The SMILES string of the molecule is COCCCNC(=O)Cc1ccc2oc(C)nc2c1. The Hall–Kier alpha value is -1.88. The molecule has 0 fully saturated rings. The number of rotatable bonds is 6. The van der Waals surface area contributed by atoms with Crippen LogP contribution in [-0.2, 0) is 16.0 Å². The lowest BCUT2D eigenvalue weighted by molar-refractivity contribution is -0.120. The fourth-order valence-electron chi connectivity index (χ4n) is 1.89. The second-order valence-corrected chi connectivity index (χ2v) is 4.41. The fraction of sp³-hybridized carbons (Fsp3) is 0.429. The molecule has 19 heavy (non-hydrogen) atoms. The summed E-state index contributed by atoms with van der Waals surface area (Å²) >= 11 is 0. The van der Waals surface area contributed by atoms with Gasteiger partial charge in [0.25, 0.3) is 0 Å². The summed E-state index contributed by atoms with van der Waals surface area (Å²) in [7, 11) is 1.65. The van der Waals surface area contributed by atoms with Crippen LogP contribution >= 0.6 is 0 Å². The normalized spacial score (nSPS) is 10.8. The van der Waals surface area contributed by atoms with E-state index in [1.807, 2.05) is 25.1 Å². The Morgan fingerprint density at radius 3 is 3.11 bits per heavy atom. The van der Waals surface area contributed by atoms with Crippen molar-refractivity contribution in [2.45, 2.75) is 19.8 Å². The van der Waals surface area contributed by atoms with E-state index in [2.05, 4.69) is 10.3 Å². The molecule has 0 aliphatic rings. The van der Waals surface area contributed by atoms with Gasteiger partial charge in [0, 0.05) is 27.2 Å². The third-order valence-corrected chi connectivity index (χ3v) is 2.77. The molecular weight excluding hydrogens is 244 g/mol. The zero-order chi connectivity index (χ0) is 13.7. The molecule has 1 heterocycles. The first kappa shape index (κ1) is 13.5. The van der Waals surface area contributed by atoms with Gasteiger partial charge in [-0.1, -0.05) is 6.07 Å². The number of methoxy groups -OCH3 is 1. The van der Waals surface area contributed by atoms with Crippen LogP contribution in [0.2, 0.25) is 0 Å². The van der Waals surface area contributed by atoms with Gasteiger partial charge in [-0.3, -0.25) is 4.79 Å². The molecule has 0 radical (unpaired) electrons. The lowest BCUT2D eigenvalue weighted by atomic mass is 10.1. The maximum atomic E-state index is 11.7. The van der Waals surface area contributed by atoms with E-state index in [0.29, 0.717) is 25.5 Å². The van der Waals surface area contributed by atoms with Crippen molar-refractivity contribution in [1.29, 1.82) is 0 Å². The Morgan fingerprint density at radius 2 is 2.32 bits per heavy atom. The van der Waals surface area contributed by atoms with E-state index in [-0.39, 0.29) is 5.91 Å². The van der Waals surface area contributed by atoms with Gasteiger partial charge in [-0.25, -0.2) is 4.98 Å². The summed E-state index contributed by atoms with van der Waals surface area (Å²) in [6, 6.07) is 5.63. The van der Waals surface area contributed by atoms with Gasteiger partial charge in [0.1, 0.15) is 5.52 Å². The van der Waals surface area contributed by atoms with Crippen molar-refractivity contribution in [2.24, 2.45) is 0 Å². The number of ether oxygens (including phenoxy) is 1. The molecule has 5 heteroatoms. The second kappa shape index (κ2) is 6.33. The molecule has 0 aliphatic heterocycles. The smallest absolute Gasteiger partial charge is 0.224 e.